The maximum atomic E-state index is 11.7. The zero-order valence-electron chi connectivity index (χ0n) is 13.2. The molecule has 3 rings (SSSR count). The average molecular weight is 362 g/mol. The third-order valence-electron chi connectivity index (χ3n) is 4.06. The minimum absolute atomic E-state index is 0.00195. The highest BCUT2D eigenvalue weighted by Crippen LogP contribution is 2.24. The Hall–Kier alpha value is -3.00. The number of nitro groups is 1. The van der Waals surface area contributed by atoms with Crippen LogP contribution >= 0.6 is 0 Å². The number of nitriles is 1. The first-order valence-corrected chi connectivity index (χ1v) is 9.18. The predicted octanol–water partition coefficient (Wildman–Crippen LogP) is 0.670. The Bertz CT molecular complexity index is 977. The summed E-state index contributed by atoms with van der Waals surface area (Å²) in [6, 6.07) is 7.36. The van der Waals surface area contributed by atoms with Crippen LogP contribution in [0.15, 0.2) is 24.3 Å². The lowest BCUT2D eigenvalue weighted by Crippen LogP contribution is -2.33. The molecule has 1 aromatic heterocycles. The van der Waals surface area contributed by atoms with E-state index in [9.17, 15) is 23.8 Å². The number of hydrogen-bond donors (Lipinski definition) is 0. The molecule has 1 aliphatic rings. The van der Waals surface area contributed by atoms with E-state index in [2.05, 4.69) is 10.2 Å². The number of nitro benzene ring substituents is 1. The van der Waals surface area contributed by atoms with E-state index >= 15 is 0 Å². The van der Waals surface area contributed by atoms with Gasteiger partial charge >= 0.3 is 0 Å². The number of rotatable bonds is 4. The van der Waals surface area contributed by atoms with Gasteiger partial charge < -0.3 is 4.90 Å². The van der Waals surface area contributed by atoms with Crippen LogP contribution in [0.3, 0.4) is 0 Å². The Morgan fingerprint density at radius 2 is 2.20 bits per heavy atom. The number of sulfone groups is 1. The highest BCUT2D eigenvalue weighted by atomic mass is 32.2. The van der Waals surface area contributed by atoms with Gasteiger partial charge in [-0.1, -0.05) is 6.07 Å². The minimum atomic E-state index is -3.08. The smallest absolute Gasteiger partial charge is 0.271 e. The Morgan fingerprint density at radius 3 is 2.80 bits per heavy atom. The topological polar surface area (TPSA) is 135 Å². The van der Waals surface area contributed by atoms with Crippen molar-refractivity contribution >= 4 is 21.3 Å². The van der Waals surface area contributed by atoms with Crippen LogP contribution in [0.5, 0.6) is 0 Å². The lowest BCUT2D eigenvalue weighted by molar-refractivity contribution is -0.384. The molecule has 2 heterocycles. The number of benzene rings is 1. The van der Waals surface area contributed by atoms with Crippen LogP contribution in [-0.2, 0) is 9.84 Å². The summed E-state index contributed by atoms with van der Waals surface area (Å²) in [5.41, 5.74) is 0.243. The number of aromatic nitrogens is 3. The largest absolute Gasteiger partial charge is 0.352 e. The third-order valence-corrected chi connectivity index (χ3v) is 5.81. The van der Waals surface area contributed by atoms with Gasteiger partial charge in [-0.3, -0.25) is 10.1 Å². The third kappa shape index (κ3) is 3.29. The van der Waals surface area contributed by atoms with Crippen molar-refractivity contribution in [2.75, 3.05) is 23.5 Å². The molecule has 1 aromatic carbocycles. The summed E-state index contributed by atoms with van der Waals surface area (Å²) in [7, 11) is -1.42. The molecule has 2 aromatic rings. The Kier molecular flexibility index (Phi) is 4.13. The van der Waals surface area contributed by atoms with Crippen molar-refractivity contribution in [3.63, 3.8) is 0 Å². The number of anilines is 1. The standard InChI is InChI=1S/C14H14N6O4S/c1-18(12-5-6-25(23,24)9-12)14-13(8-15)16-19(17-14)10-3-2-4-11(7-10)20(21)22/h2-4,7,12H,5-6,9H2,1H3. The molecule has 0 N–H and O–H groups in total. The lowest BCUT2D eigenvalue weighted by atomic mass is 10.2. The first-order chi connectivity index (χ1) is 11.8. The van der Waals surface area contributed by atoms with Crippen molar-refractivity contribution in [1.29, 1.82) is 5.26 Å². The van der Waals surface area contributed by atoms with Gasteiger partial charge in [-0.2, -0.15) is 5.26 Å². The minimum Gasteiger partial charge on any atom is -0.352 e. The Balaban J connectivity index is 1.96. The van der Waals surface area contributed by atoms with Crippen LogP contribution in [0.4, 0.5) is 11.5 Å². The highest BCUT2D eigenvalue weighted by molar-refractivity contribution is 7.91. The van der Waals surface area contributed by atoms with Crippen LogP contribution in [0.25, 0.3) is 5.69 Å². The Labute approximate surface area is 143 Å². The van der Waals surface area contributed by atoms with Gasteiger partial charge in [0.2, 0.25) is 5.69 Å². The van der Waals surface area contributed by atoms with Gasteiger partial charge in [0.1, 0.15) is 6.07 Å². The van der Waals surface area contributed by atoms with Crippen molar-refractivity contribution in [2.45, 2.75) is 12.5 Å². The first-order valence-electron chi connectivity index (χ1n) is 7.36. The van der Waals surface area contributed by atoms with E-state index in [4.69, 9.17) is 0 Å². The maximum Gasteiger partial charge on any atom is 0.271 e. The first kappa shape index (κ1) is 16.8. The second-order valence-electron chi connectivity index (χ2n) is 5.72. The average Bonchev–Trinajstić information content (AvgIpc) is 3.17. The fourth-order valence-electron chi connectivity index (χ4n) is 2.71. The fourth-order valence-corrected chi connectivity index (χ4v) is 4.48. The van der Waals surface area contributed by atoms with Gasteiger partial charge in [0, 0.05) is 25.2 Å². The molecule has 11 heteroatoms. The van der Waals surface area contributed by atoms with Gasteiger partial charge in [-0.05, 0) is 12.5 Å². The zero-order chi connectivity index (χ0) is 18.2. The number of nitrogens with zero attached hydrogens (tertiary/aromatic N) is 6. The molecule has 0 spiro atoms. The molecule has 1 fully saturated rings. The van der Waals surface area contributed by atoms with Crippen LogP contribution < -0.4 is 4.90 Å². The predicted molar refractivity (Wildman–Crippen MR) is 88.2 cm³/mol. The molecule has 0 radical (unpaired) electrons. The molecule has 0 saturated carbocycles. The van der Waals surface area contributed by atoms with E-state index < -0.39 is 14.8 Å². The molecule has 1 atom stereocenters. The zero-order valence-corrected chi connectivity index (χ0v) is 14.0. The molecule has 25 heavy (non-hydrogen) atoms. The SMILES string of the molecule is CN(c1nn(-c2cccc([N+](=O)[O-])c2)nc1C#N)C1CCS(=O)(=O)C1. The van der Waals surface area contributed by atoms with E-state index in [-0.39, 0.29) is 34.7 Å². The quantitative estimate of drug-likeness (QED) is 0.572. The second-order valence-corrected chi connectivity index (χ2v) is 7.95. The second kappa shape index (κ2) is 6.14. The molecule has 0 amide bonds. The molecule has 1 unspecified atom stereocenters. The maximum absolute atomic E-state index is 11.7. The molecule has 0 bridgehead atoms. The van der Waals surface area contributed by atoms with Gasteiger partial charge in [0.25, 0.3) is 5.69 Å². The fraction of sp³-hybridized carbons (Fsp3) is 0.357. The van der Waals surface area contributed by atoms with Gasteiger partial charge in [-0.15, -0.1) is 15.0 Å². The molecule has 0 aliphatic carbocycles. The van der Waals surface area contributed by atoms with E-state index in [0.29, 0.717) is 12.1 Å². The van der Waals surface area contributed by atoms with Crippen molar-refractivity contribution in [2.24, 2.45) is 0 Å². The van der Waals surface area contributed by atoms with E-state index in [1.165, 1.54) is 18.2 Å². The molecule has 10 nitrogen and oxygen atoms in total. The van der Waals surface area contributed by atoms with Crippen LogP contribution in [-0.4, -0.2) is 52.9 Å². The lowest BCUT2D eigenvalue weighted by Gasteiger charge is -2.22. The van der Waals surface area contributed by atoms with E-state index in [0.717, 1.165) is 4.80 Å². The van der Waals surface area contributed by atoms with Crippen LogP contribution in [0, 0.1) is 21.4 Å². The molecule has 1 saturated heterocycles. The van der Waals surface area contributed by atoms with Crippen molar-refractivity contribution in [1.82, 2.24) is 15.0 Å². The molecule has 1 aliphatic heterocycles. The Morgan fingerprint density at radius 1 is 1.44 bits per heavy atom. The normalized spacial score (nSPS) is 18.6. The number of hydrogen-bond acceptors (Lipinski definition) is 8. The van der Waals surface area contributed by atoms with Crippen LogP contribution in [0.1, 0.15) is 12.1 Å². The van der Waals surface area contributed by atoms with Crippen molar-refractivity contribution < 1.29 is 13.3 Å². The monoisotopic (exact) mass is 362 g/mol. The summed E-state index contributed by atoms with van der Waals surface area (Å²) >= 11 is 0. The van der Waals surface area contributed by atoms with E-state index in [1.807, 2.05) is 6.07 Å². The summed E-state index contributed by atoms with van der Waals surface area (Å²) in [5, 5.41) is 28.5. The summed E-state index contributed by atoms with van der Waals surface area (Å²) in [6.45, 7) is 0. The molecular formula is C14H14N6O4S. The highest BCUT2D eigenvalue weighted by Gasteiger charge is 2.33. The van der Waals surface area contributed by atoms with Gasteiger partial charge in [0.05, 0.1) is 22.1 Å². The van der Waals surface area contributed by atoms with E-state index in [1.54, 1.807) is 18.0 Å². The van der Waals surface area contributed by atoms with Gasteiger partial charge in [-0.25, -0.2) is 8.42 Å². The van der Waals surface area contributed by atoms with Crippen LogP contribution in [0.2, 0.25) is 0 Å². The summed E-state index contributed by atoms with van der Waals surface area (Å²) < 4.78 is 23.3. The molecule has 130 valence electrons. The van der Waals surface area contributed by atoms with Crippen molar-refractivity contribution in [3.8, 4) is 11.8 Å². The number of non-ortho nitro benzene ring substituents is 1. The summed E-state index contributed by atoms with van der Waals surface area (Å²) in [5.74, 6) is 0.345. The van der Waals surface area contributed by atoms with Gasteiger partial charge in [0.15, 0.2) is 15.7 Å². The van der Waals surface area contributed by atoms with Crippen molar-refractivity contribution in [3.05, 3.63) is 40.1 Å². The summed E-state index contributed by atoms with van der Waals surface area (Å²) in [6.07, 6.45) is 0.452. The summed E-state index contributed by atoms with van der Waals surface area (Å²) in [4.78, 5) is 13.1. The molecular weight excluding hydrogens is 348 g/mol.